The highest BCUT2D eigenvalue weighted by atomic mass is 32.2. The average Bonchev–Trinajstić information content (AvgIpc) is 2.77. The van der Waals surface area contributed by atoms with Crippen molar-refractivity contribution in [2.45, 2.75) is 44.8 Å². The van der Waals surface area contributed by atoms with Gasteiger partial charge in [0.05, 0.1) is 11.3 Å². The van der Waals surface area contributed by atoms with Crippen molar-refractivity contribution in [3.8, 4) is 11.8 Å². The zero-order valence-electron chi connectivity index (χ0n) is 17.9. The van der Waals surface area contributed by atoms with Crippen LogP contribution in [-0.2, 0) is 21.0 Å². The van der Waals surface area contributed by atoms with Crippen molar-refractivity contribution in [2.24, 2.45) is 0 Å². The number of halogens is 3. The average molecular weight is 476 g/mol. The number of sulfonamides is 1. The summed E-state index contributed by atoms with van der Waals surface area (Å²) < 4.78 is 65.0. The van der Waals surface area contributed by atoms with E-state index in [1.807, 2.05) is 6.92 Å². The van der Waals surface area contributed by atoms with Crippen LogP contribution < -0.4 is 4.90 Å². The second kappa shape index (κ2) is 11.5. The van der Waals surface area contributed by atoms with Crippen LogP contribution in [0.5, 0.6) is 0 Å². The van der Waals surface area contributed by atoms with Gasteiger partial charge in [-0.05, 0) is 30.7 Å². The van der Waals surface area contributed by atoms with Crippen LogP contribution in [0.4, 0.5) is 18.9 Å². The molecule has 1 aromatic rings. The first-order valence-corrected chi connectivity index (χ1v) is 12.0. The van der Waals surface area contributed by atoms with Crippen molar-refractivity contribution in [3.05, 3.63) is 29.8 Å². The van der Waals surface area contributed by atoms with Crippen molar-refractivity contribution in [3.63, 3.8) is 0 Å². The lowest BCUT2D eigenvalue weighted by atomic mass is 10.2. The van der Waals surface area contributed by atoms with E-state index in [4.69, 9.17) is 0 Å². The fraction of sp³-hybridized carbons (Fsp3) is 0.571. The van der Waals surface area contributed by atoms with Crippen molar-refractivity contribution >= 4 is 22.1 Å². The molecule has 0 bridgehead atoms. The topological polar surface area (TPSA) is 81.2 Å². The van der Waals surface area contributed by atoms with Gasteiger partial charge in [0.15, 0.2) is 0 Å². The standard InChI is InChI=1S/C21H28F3N3O4S/c1-2-3-4-5-6-7-20(27(29)17-28)16-32(30,31)26-14-12-25(13-15-26)19-10-8-18(9-11-19)21(22,23)24/h8-11,17,20,29H,2-5,12-16H2,1H3. The summed E-state index contributed by atoms with van der Waals surface area (Å²) in [5, 5.41) is 10.0. The first kappa shape index (κ1) is 26.0. The van der Waals surface area contributed by atoms with E-state index in [9.17, 15) is 31.6 Å². The molecule has 0 spiro atoms. The minimum Gasteiger partial charge on any atom is -0.369 e. The highest BCUT2D eigenvalue weighted by Gasteiger charge is 2.32. The van der Waals surface area contributed by atoms with Gasteiger partial charge in [-0.2, -0.15) is 17.5 Å². The van der Waals surface area contributed by atoms with Gasteiger partial charge in [0.25, 0.3) is 0 Å². The predicted molar refractivity (Wildman–Crippen MR) is 114 cm³/mol. The fourth-order valence-corrected chi connectivity index (χ4v) is 4.87. The number of hydrogen-bond donors (Lipinski definition) is 1. The van der Waals surface area contributed by atoms with E-state index >= 15 is 0 Å². The van der Waals surface area contributed by atoms with Gasteiger partial charge in [-0.3, -0.25) is 10.0 Å². The van der Waals surface area contributed by atoms with Gasteiger partial charge in [-0.25, -0.2) is 13.5 Å². The van der Waals surface area contributed by atoms with Crippen LogP contribution in [0.1, 0.15) is 38.2 Å². The summed E-state index contributed by atoms with van der Waals surface area (Å²) >= 11 is 0. The lowest BCUT2D eigenvalue weighted by molar-refractivity contribution is -0.153. The van der Waals surface area contributed by atoms with Gasteiger partial charge < -0.3 is 4.90 Å². The maximum Gasteiger partial charge on any atom is 0.416 e. The van der Waals surface area contributed by atoms with Gasteiger partial charge in [0.2, 0.25) is 16.4 Å². The molecule has 1 aliphatic heterocycles. The summed E-state index contributed by atoms with van der Waals surface area (Å²) in [5.74, 6) is 4.95. The molecule has 1 atom stereocenters. The monoisotopic (exact) mass is 475 g/mol. The second-order valence-corrected chi connectivity index (χ2v) is 9.50. The van der Waals surface area contributed by atoms with Crippen LogP contribution in [0.2, 0.25) is 0 Å². The number of alkyl halides is 3. The zero-order chi connectivity index (χ0) is 23.8. The van der Waals surface area contributed by atoms with E-state index in [0.29, 0.717) is 25.2 Å². The molecule has 1 aromatic carbocycles. The van der Waals surface area contributed by atoms with Gasteiger partial charge >= 0.3 is 6.18 Å². The second-order valence-electron chi connectivity index (χ2n) is 7.49. The molecule has 1 fully saturated rings. The number of anilines is 1. The van der Waals surface area contributed by atoms with E-state index in [1.165, 1.54) is 16.4 Å². The molecule has 1 aliphatic rings. The zero-order valence-corrected chi connectivity index (χ0v) is 18.7. The number of carbonyl (C=O) groups excluding carboxylic acids is 1. The number of carbonyl (C=O) groups is 1. The van der Waals surface area contributed by atoms with Crippen molar-refractivity contribution in [1.29, 1.82) is 0 Å². The number of unbranched alkanes of at least 4 members (excludes halogenated alkanes) is 3. The number of hydroxylamine groups is 2. The fourth-order valence-electron chi connectivity index (χ4n) is 3.30. The molecule has 32 heavy (non-hydrogen) atoms. The molecule has 1 heterocycles. The van der Waals surface area contributed by atoms with E-state index < -0.39 is 33.6 Å². The van der Waals surface area contributed by atoms with E-state index in [0.717, 1.165) is 31.4 Å². The first-order valence-electron chi connectivity index (χ1n) is 10.4. The van der Waals surface area contributed by atoms with Crippen LogP contribution in [0, 0.1) is 11.8 Å². The molecule has 1 amide bonds. The third-order valence-electron chi connectivity index (χ3n) is 5.16. The number of piperazine rings is 1. The SMILES string of the molecule is CCCCCC#CC(CS(=O)(=O)N1CCN(c2ccc(C(F)(F)F)cc2)CC1)N(O)C=O. The normalized spacial score (nSPS) is 16.2. The summed E-state index contributed by atoms with van der Waals surface area (Å²) in [6.07, 6.45) is -0.896. The van der Waals surface area contributed by atoms with Crippen LogP contribution in [-0.4, -0.2) is 67.4 Å². The Morgan fingerprint density at radius 1 is 1.16 bits per heavy atom. The minimum absolute atomic E-state index is 0.128. The molecule has 2 rings (SSSR count). The van der Waals surface area contributed by atoms with E-state index in [2.05, 4.69) is 11.8 Å². The Morgan fingerprint density at radius 3 is 2.31 bits per heavy atom. The molecule has 1 unspecified atom stereocenters. The molecule has 0 radical (unpaired) electrons. The van der Waals surface area contributed by atoms with Crippen LogP contribution in [0.3, 0.4) is 0 Å². The Hall–Kier alpha value is -2.29. The Labute approximate surface area is 186 Å². The third-order valence-corrected chi connectivity index (χ3v) is 7.05. The van der Waals surface area contributed by atoms with Crippen LogP contribution in [0.25, 0.3) is 0 Å². The Balaban J connectivity index is 1.98. The summed E-state index contributed by atoms with van der Waals surface area (Å²) in [6.45, 7) is 2.91. The van der Waals surface area contributed by atoms with Crippen molar-refractivity contribution < 1.29 is 31.6 Å². The van der Waals surface area contributed by atoms with Crippen molar-refractivity contribution in [2.75, 3.05) is 36.8 Å². The highest BCUT2D eigenvalue weighted by Crippen LogP contribution is 2.30. The first-order chi connectivity index (χ1) is 15.1. The minimum atomic E-state index is -4.41. The number of rotatable bonds is 9. The van der Waals surface area contributed by atoms with Gasteiger partial charge in [0, 0.05) is 38.3 Å². The molecular formula is C21H28F3N3O4S. The summed E-state index contributed by atoms with van der Waals surface area (Å²) in [5.41, 5.74) is -0.165. The van der Waals surface area contributed by atoms with E-state index in [-0.39, 0.29) is 24.6 Å². The predicted octanol–water partition coefficient (Wildman–Crippen LogP) is 2.96. The summed E-state index contributed by atoms with van der Waals surface area (Å²) in [7, 11) is -3.82. The van der Waals surface area contributed by atoms with Crippen LogP contribution >= 0.6 is 0 Å². The number of amides is 1. The molecule has 1 N–H and O–H groups in total. The molecule has 11 heteroatoms. The molecule has 7 nitrogen and oxygen atoms in total. The number of hydrogen-bond acceptors (Lipinski definition) is 5. The van der Waals surface area contributed by atoms with Gasteiger partial charge in [-0.1, -0.05) is 25.7 Å². The Bertz CT molecular complexity index is 903. The quantitative estimate of drug-likeness (QED) is 0.195. The molecule has 0 aromatic heterocycles. The number of benzene rings is 1. The number of nitrogens with zero attached hydrogens (tertiary/aromatic N) is 3. The van der Waals surface area contributed by atoms with Crippen molar-refractivity contribution in [1.82, 2.24) is 9.37 Å². The Morgan fingerprint density at radius 2 is 1.78 bits per heavy atom. The van der Waals surface area contributed by atoms with Gasteiger partial charge in [0.1, 0.15) is 6.04 Å². The maximum absolute atomic E-state index is 12.8. The van der Waals surface area contributed by atoms with Gasteiger partial charge in [-0.15, -0.1) is 5.92 Å². The maximum atomic E-state index is 12.8. The largest absolute Gasteiger partial charge is 0.416 e. The molecule has 178 valence electrons. The molecule has 0 aliphatic carbocycles. The smallest absolute Gasteiger partial charge is 0.369 e. The summed E-state index contributed by atoms with van der Waals surface area (Å²) in [6, 6.07) is 3.55. The van der Waals surface area contributed by atoms with Crippen LogP contribution in [0.15, 0.2) is 24.3 Å². The Kier molecular flexibility index (Phi) is 9.36. The molecule has 1 saturated heterocycles. The lowest BCUT2D eigenvalue weighted by Gasteiger charge is -2.36. The highest BCUT2D eigenvalue weighted by molar-refractivity contribution is 7.89. The van der Waals surface area contributed by atoms with E-state index in [1.54, 1.807) is 4.90 Å². The third kappa shape index (κ3) is 7.39. The lowest BCUT2D eigenvalue weighted by Crippen LogP contribution is -2.51. The molecular weight excluding hydrogens is 447 g/mol. The summed E-state index contributed by atoms with van der Waals surface area (Å²) in [4.78, 5) is 12.8. The molecule has 0 saturated carbocycles.